The van der Waals surface area contributed by atoms with Crippen molar-refractivity contribution in [1.29, 1.82) is 0 Å². The van der Waals surface area contributed by atoms with Gasteiger partial charge in [-0.2, -0.15) is 0 Å². The van der Waals surface area contributed by atoms with E-state index < -0.39 is 12.0 Å². The third-order valence-electron chi connectivity index (χ3n) is 3.24. The third kappa shape index (κ3) is 5.54. The van der Waals surface area contributed by atoms with E-state index >= 15 is 0 Å². The van der Waals surface area contributed by atoms with Crippen LogP contribution in [0.1, 0.15) is 18.1 Å². The highest BCUT2D eigenvalue weighted by Crippen LogP contribution is 2.08. The Hall–Kier alpha value is -2.69. The summed E-state index contributed by atoms with van der Waals surface area (Å²) in [5.41, 5.74) is 1.60. The Kier molecular flexibility index (Phi) is 5.86. The number of rotatable bonds is 6. The topological polar surface area (TPSA) is 55.4 Å². The van der Waals surface area contributed by atoms with E-state index in [1.807, 2.05) is 30.3 Å². The van der Waals surface area contributed by atoms with Crippen LogP contribution in [0.25, 0.3) is 0 Å². The zero-order valence-corrected chi connectivity index (χ0v) is 12.8. The van der Waals surface area contributed by atoms with Crippen LogP contribution in [0.4, 0.5) is 4.39 Å². The maximum absolute atomic E-state index is 12.9. The molecule has 2 aromatic carbocycles. The van der Waals surface area contributed by atoms with Crippen molar-refractivity contribution in [3.05, 3.63) is 71.5 Å². The summed E-state index contributed by atoms with van der Waals surface area (Å²) in [6.45, 7) is 1.47. The number of halogens is 1. The highest BCUT2D eigenvalue weighted by molar-refractivity contribution is 5.83. The van der Waals surface area contributed by atoms with Crippen LogP contribution >= 0.6 is 0 Å². The molecule has 4 nitrogen and oxygen atoms in total. The van der Waals surface area contributed by atoms with Gasteiger partial charge < -0.3 is 10.1 Å². The van der Waals surface area contributed by atoms with Crippen molar-refractivity contribution in [3.63, 3.8) is 0 Å². The number of hydrogen-bond acceptors (Lipinski definition) is 3. The van der Waals surface area contributed by atoms with Crippen LogP contribution in [-0.4, -0.2) is 17.9 Å². The molecule has 1 amide bonds. The largest absolute Gasteiger partial charge is 0.459 e. The molecule has 0 heterocycles. The number of carbonyl (C=O) groups excluding carboxylic acids is 2. The Bertz CT molecular complexity index is 656. The van der Waals surface area contributed by atoms with Crippen molar-refractivity contribution in [2.75, 3.05) is 0 Å². The number of ether oxygens (including phenoxy) is 1. The standard InChI is InChI=1S/C18H18FNO3/c1-13(21)20-17(11-14-7-9-16(19)10-8-14)18(22)23-12-15-5-3-2-4-6-15/h2-10,17H,11-12H2,1H3,(H,20,21). The molecule has 0 aliphatic rings. The molecular weight excluding hydrogens is 297 g/mol. The minimum Gasteiger partial charge on any atom is -0.459 e. The van der Waals surface area contributed by atoms with E-state index in [4.69, 9.17) is 4.74 Å². The average molecular weight is 315 g/mol. The molecular formula is C18H18FNO3. The van der Waals surface area contributed by atoms with Gasteiger partial charge in [-0.15, -0.1) is 0 Å². The van der Waals surface area contributed by atoms with E-state index in [0.29, 0.717) is 0 Å². The van der Waals surface area contributed by atoms with Gasteiger partial charge in [0.05, 0.1) is 0 Å². The second kappa shape index (κ2) is 8.08. The summed E-state index contributed by atoms with van der Waals surface area (Å²) in [5, 5.41) is 2.57. The molecule has 0 spiro atoms. The van der Waals surface area contributed by atoms with Crippen molar-refractivity contribution in [2.45, 2.75) is 26.0 Å². The number of hydrogen-bond donors (Lipinski definition) is 1. The molecule has 120 valence electrons. The number of nitrogens with one attached hydrogen (secondary N) is 1. The van der Waals surface area contributed by atoms with Gasteiger partial charge in [-0.3, -0.25) is 4.79 Å². The summed E-state index contributed by atoms with van der Waals surface area (Å²) in [6.07, 6.45) is 0.244. The number of carbonyl (C=O) groups is 2. The Morgan fingerprint density at radius 3 is 2.30 bits per heavy atom. The predicted molar refractivity (Wildman–Crippen MR) is 83.9 cm³/mol. The lowest BCUT2D eigenvalue weighted by Crippen LogP contribution is -2.42. The van der Waals surface area contributed by atoms with Crippen molar-refractivity contribution < 1.29 is 18.7 Å². The smallest absolute Gasteiger partial charge is 0.329 e. The Morgan fingerprint density at radius 1 is 1.04 bits per heavy atom. The quantitative estimate of drug-likeness (QED) is 0.834. The Balaban J connectivity index is 2.00. The lowest BCUT2D eigenvalue weighted by Gasteiger charge is -2.17. The molecule has 23 heavy (non-hydrogen) atoms. The van der Waals surface area contributed by atoms with Crippen LogP contribution in [0.2, 0.25) is 0 Å². The second-order valence-corrected chi connectivity index (χ2v) is 5.18. The molecule has 0 bridgehead atoms. The average Bonchev–Trinajstić information content (AvgIpc) is 2.54. The van der Waals surface area contributed by atoms with Gasteiger partial charge in [0.2, 0.25) is 5.91 Å². The van der Waals surface area contributed by atoms with Crippen LogP contribution in [0, 0.1) is 5.82 Å². The van der Waals surface area contributed by atoms with Gasteiger partial charge in [-0.25, -0.2) is 9.18 Å². The fourth-order valence-corrected chi connectivity index (χ4v) is 2.12. The lowest BCUT2D eigenvalue weighted by molar-refractivity contribution is -0.149. The molecule has 0 aliphatic heterocycles. The molecule has 0 saturated carbocycles. The molecule has 2 aromatic rings. The third-order valence-corrected chi connectivity index (χ3v) is 3.24. The Labute approximate surface area is 134 Å². The van der Waals surface area contributed by atoms with E-state index in [1.54, 1.807) is 12.1 Å². The summed E-state index contributed by atoms with van der Waals surface area (Å²) in [5.74, 6) is -1.20. The fourth-order valence-electron chi connectivity index (χ4n) is 2.12. The van der Waals surface area contributed by atoms with Gasteiger partial charge in [0.1, 0.15) is 18.5 Å². The molecule has 0 aromatic heterocycles. The summed E-state index contributed by atoms with van der Waals surface area (Å²) in [4.78, 5) is 23.5. The fraction of sp³-hybridized carbons (Fsp3) is 0.222. The molecule has 0 saturated heterocycles. The number of esters is 1. The van der Waals surface area contributed by atoms with E-state index in [1.165, 1.54) is 19.1 Å². The van der Waals surface area contributed by atoms with Crippen LogP contribution in [-0.2, 0) is 27.4 Å². The Morgan fingerprint density at radius 2 is 1.70 bits per heavy atom. The summed E-state index contributed by atoms with van der Waals surface area (Å²) < 4.78 is 18.2. The summed E-state index contributed by atoms with van der Waals surface area (Å²) in [6, 6.07) is 14.3. The highest BCUT2D eigenvalue weighted by atomic mass is 19.1. The van der Waals surface area contributed by atoms with Crippen LogP contribution in [0.15, 0.2) is 54.6 Å². The van der Waals surface area contributed by atoms with Gasteiger partial charge in [-0.1, -0.05) is 42.5 Å². The van der Waals surface area contributed by atoms with Gasteiger partial charge in [-0.05, 0) is 23.3 Å². The van der Waals surface area contributed by atoms with Crippen LogP contribution < -0.4 is 5.32 Å². The lowest BCUT2D eigenvalue weighted by atomic mass is 10.1. The molecule has 1 atom stereocenters. The van der Waals surface area contributed by atoms with Crippen LogP contribution in [0.3, 0.4) is 0 Å². The first-order valence-corrected chi connectivity index (χ1v) is 7.26. The summed E-state index contributed by atoms with van der Waals surface area (Å²) >= 11 is 0. The number of amides is 1. The number of benzene rings is 2. The van der Waals surface area contributed by atoms with E-state index in [-0.39, 0.29) is 24.8 Å². The maximum atomic E-state index is 12.9. The summed E-state index contributed by atoms with van der Waals surface area (Å²) in [7, 11) is 0. The molecule has 0 fully saturated rings. The van der Waals surface area contributed by atoms with E-state index in [2.05, 4.69) is 5.32 Å². The van der Waals surface area contributed by atoms with Crippen molar-refractivity contribution in [1.82, 2.24) is 5.32 Å². The van der Waals surface area contributed by atoms with E-state index in [0.717, 1.165) is 11.1 Å². The monoisotopic (exact) mass is 315 g/mol. The van der Waals surface area contributed by atoms with Gasteiger partial charge in [0, 0.05) is 13.3 Å². The molecule has 0 aliphatic carbocycles. The van der Waals surface area contributed by atoms with E-state index in [9.17, 15) is 14.0 Å². The van der Waals surface area contributed by atoms with Crippen LogP contribution in [0.5, 0.6) is 0 Å². The van der Waals surface area contributed by atoms with Crippen molar-refractivity contribution in [3.8, 4) is 0 Å². The first kappa shape index (κ1) is 16.7. The first-order valence-electron chi connectivity index (χ1n) is 7.26. The second-order valence-electron chi connectivity index (χ2n) is 5.18. The highest BCUT2D eigenvalue weighted by Gasteiger charge is 2.21. The zero-order chi connectivity index (χ0) is 16.7. The van der Waals surface area contributed by atoms with Gasteiger partial charge >= 0.3 is 5.97 Å². The molecule has 2 rings (SSSR count). The first-order chi connectivity index (χ1) is 11.0. The van der Waals surface area contributed by atoms with Crippen molar-refractivity contribution in [2.24, 2.45) is 0 Å². The molecule has 1 N–H and O–H groups in total. The zero-order valence-electron chi connectivity index (χ0n) is 12.8. The molecule has 1 unspecified atom stereocenters. The van der Waals surface area contributed by atoms with Crippen molar-refractivity contribution >= 4 is 11.9 Å². The maximum Gasteiger partial charge on any atom is 0.329 e. The minimum absolute atomic E-state index is 0.138. The normalized spacial score (nSPS) is 11.6. The molecule has 5 heteroatoms. The predicted octanol–water partition coefficient (Wildman–Crippen LogP) is 2.62. The van der Waals surface area contributed by atoms with Gasteiger partial charge in [0.15, 0.2) is 0 Å². The van der Waals surface area contributed by atoms with Gasteiger partial charge in [0.25, 0.3) is 0 Å². The molecule has 0 radical (unpaired) electrons. The minimum atomic E-state index is -0.804. The SMILES string of the molecule is CC(=O)NC(Cc1ccc(F)cc1)C(=O)OCc1ccccc1.